The summed E-state index contributed by atoms with van der Waals surface area (Å²) >= 11 is 0.805. The average molecular weight is 242 g/mol. The molecule has 0 spiro atoms. The fourth-order valence-corrected chi connectivity index (χ4v) is 3.01. The van der Waals surface area contributed by atoms with Crippen LogP contribution in [0.5, 0.6) is 0 Å². The van der Waals surface area contributed by atoms with Crippen molar-refractivity contribution in [2.45, 2.75) is 5.75 Å². The molecule has 0 aliphatic rings. The standard InChI is InChI=1S/C5H4ClNO4S2/c6-13(10,11)3-4-1-2-5(12-4)7(8)9/h1-2H,3H2. The Hall–Kier alpha value is -0.660. The molecule has 8 heteroatoms. The van der Waals surface area contributed by atoms with E-state index in [1.807, 2.05) is 0 Å². The lowest BCUT2D eigenvalue weighted by molar-refractivity contribution is -0.380. The Morgan fingerprint density at radius 2 is 2.15 bits per heavy atom. The normalized spacial score (nSPS) is 11.5. The highest BCUT2D eigenvalue weighted by atomic mass is 35.7. The third-order valence-corrected chi connectivity index (χ3v) is 3.34. The molecule has 0 fully saturated rings. The summed E-state index contributed by atoms with van der Waals surface area (Å²) in [6, 6.07) is 2.63. The first-order chi connectivity index (χ1) is 5.88. The molecule has 0 radical (unpaired) electrons. The van der Waals surface area contributed by atoms with Crippen LogP contribution in [-0.4, -0.2) is 13.3 Å². The Morgan fingerprint density at radius 3 is 2.54 bits per heavy atom. The van der Waals surface area contributed by atoms with Crippen LogP contribution in [0.1, 0.15) is 4.88 Å². The summed E-state index contributed by atoms with van der Waals surface area (Å²) in [6.07, 6.45) is 0. The maximum absolute atomic E-state index is 10.6. The van der Waals surface area contributed by atoms with Crippen molar-refractivity contribution < 1.29 is 13.3 Å². The lowest BCUT2D eigenvalue weighted by Gasteiger charge is -1.88. The minimum Gasteiger partial charge on any atom is -0.258 e. The van der Waals surface area contributed by atoms with E-state index in [2.05, 4.69) is 0 Å². The van der Waals surface area contributed by atoms with Gasteiger partial charge in [0.1, 0.15) is 0 Å². The molecule has 13 heavy (non-hydrogen) atoms. The molecule has 0 aliphatic heterocycles. The van der Waals surface area contributed by atoms with Gasteiger partial charge in [-0.15, -0.1) is 0 Å². The second kappa shape index (κ2) is 3.60. The fraction of sp³-hybridized carbons (Fsp3) is 0.200. The van der Waals surface area contributed by atoms with E-state index in [0.717, 1.165) is 11.3 Å². The van der Waals surface area contributed by atoms with Gasteiger partial charge in [0, 0.05) is 21.6 Å². The van der Waals surface area contributed by atoms with Crippen LogP contribution in [0.2, 0.25) is 0 Å². The van der Waals surface area contributed by atoms with E-state index in [9.17, 15) is 18.5 Å². The fourth-order valence-electron chi connectivity index (χ4n) is 0.712. The summed E-state index contributed by atoms with van der Waals surface area (Å²) < 4.78 is 21.2. The van der Waals surface area contributed by atoms with Gasteiger partial charge in [-0.3, -0.25) is 10.1 Å². The second-order valence-corrected chi connectivity index (χ2v) is 6.10. The van der Waals surface area contributed by atoms with Crippen LogP contribution in [0.25, 0.3) is 0 Å². The predicted molar refractivity (Wildman–Crippen MR) is 49.5 cm³/mol. The van der Waals surface area contributed by atoms with Crippen LogP contribution < -0.4 is 0 Å². The van der Waals surface area contributed by atoms with Gasteiger partial charge in [0.2, 0.25) is 9.05 Å². The Bertz CT molecular complexity index is 423. The minimum absolute atomic E-state index is 0.0877. The van der Waals surface area contributed by atoms with Crippen LogP contribution >= 0.6 is 22.0 Å². The third kappa shape index (κ3) is 3.29. The lowest BCUT2D eigenvalue weighted by atomic mass is 10.5. The molecule has 0 unspecified atom stereocenters. The zero-order valence-electron chi connectivity index (χ0n) is 6.14. The number of hydrogen-bond donors (Lipinski definition) is 0. The summed E-state index contributed by atoms with van der Waals surface area (Å²) in [4.78, 5) is 10.0. The van der Waals surface area contributed by atoms with Gasteiger partial charge >= 0.3 is 5.00 Å². The van der Waals surface area contributed by atoms with Crippen LogP contribution in [0, 0.1) is 10.1 Å². The van der Waals surface area contributed by atoms with Gasteiger partial charge in [0.15, 0.2) is 0 Å². The molecule has 0 N–H and O–H groups in total. The van der Waals surface area contributed by atoms with Crippen LogP contribution in [-0.2, 0) is 14.8 Å². The van der Waals surface area contributed by atoms with Crippen molar-refractivity contribution in [1.82, 2.24) is 0 Å². The Labute approximate surface area is 82.5 Å². The predicted octanol–water partition coefficient (Wildman–Crippen LogP) is 1.72. The molecular formula is C5H4ClNO4S2. The van der Waals surface area contributed by atoms with E-state index < -0.39 is 14.0 Å². The first-order valence-electron chi connectivity index (χ1n) is 3.04. The summed E-state index contributed by atoms with van der Waals surface area (Å²) in [5.41, 5.74) is 0. The summed E-state index contributed by atoms with van der Waals surface area (Å²) in [5.74, 6) is -0.368. The van der Waals surface area contributed by atoms with Crippen molar-refractivity contribution in [1.29, 1.82) is 0 Å². The molecule has 0 saturated carbocycles. The molecule has 0 atom stereocenters. The van der Waals surface area contributed by atoms with E-state index in [1.165, 1.54) is 12.1 Å². The minimum atomic E-state index is -3.63. The van der Waals surface area contributed by atoms with E-state index in [4.69, 9.17) is 10.7 Å². The molecule has 1 heterocycles. The van der Waals surface area contributed by atoms with Crippen molar-refractivity contribution >= 4 is 36.1 Å². The van der Waals surface area contributed by atoms with Gasteiger partial charge in [-0.1, -0.05) is 11.3 Å². The summed E-state index contributed by atoms with van der Waals surface area (Å²) in [5, 5.41) is 10.1. The molecule has 0 aliphatic carbocycles. The molecule has 0 bridgehead atoms. The number of nitrogens with zero attached hydrogens (tertiary/aromatic N) is 1. The van der Waals surface area contributed by atoms with Crippen LogP contribution in [0.4, 0.5) is 5.00 Å². The summed E-state index contributed by atoms with van der Waals surface area (Å²) in [6.45, 7) is 0. The molecule has 1 rings (SSSR count). The SMILES string of the molecule is O=[N+]([O-])c1ccc(CS(=O)(=O)Cl)s1. The van der Waals surface area contributed by atoms with Crippen molar-refractivity contribution in [2.75, 3.05) is 0 Å². The van der Waals surface area contributed by atoms with Gasteiger partial charge in [-0.2, -0.15) is 0 Å². The Balaban J connectivity index is 2.87. The van der Waals surface area contributed by atoms with Gasteiger partial charge in [-0.25, -0.2) is 8.42 Å². The zero-order valence-corrected chi connectivity index (χ0v) is 8.53. The topological polar surface area (TPSA) is 77.3 Å². The smallest absolute Gasteiger partial charge is 0.258 e. The first kappa shape index (κ1) is 10.4. The monoisotopic (exact) mass is 241 g/mol. The zero-order chi connectivity index (χ0) is 10.1. The van der Waals surface area contributed by atoms with Crippen molar-refractivity contribution in [3.8, 4) is 0 Å². The second-order valence-electron chi connectivity index (χ2n) is 2.18. The molecule has 0 saturated heterocycles. The summed E-state index contributed by atoms with van der Waals surface area (Å²) in [7, 11) is 1.34. The van der Waals surface area contributed by atoms with E-state index in [1.54, 1.807) is 0 Å². The highest BCUT2D eigenvalue weighted by Gasteiger charge is 2.14. The maximum Gasteiger partial charge on any atom is 0.324 e. The van der Waals surface area contributed by atoms with Crippen LogP contribution in [0.3, 0.4) is 0 Å². The first-order valence-corrected chi connectivity index (χ1v) is 6.33. The molecular weight excluding hydrogens is 238 g/mol. The van der Waals surface area contributed by atoms with E-state index in [0.29, 0.717) is 4.88 Å². The van der Waals surface area contributed by atoms with Gasteiger partial charge < -0.3 is 0 Å². The van der Waals surface area contributed by atoms with E-state index >= 15 is 0 Å². The van der Waals surface area contributed by atoms with Crippen molar-refractivity contribution in [3.05, 3.63) is 27.1 Å². The maximum atomic E-state index is 10.6. The number of hydrogen-bond acceptors (Lipinski definition) is 5. The number of nitro groups is 1. The lowest BCUT2D eigenvalue weighted by Crippen LogP contribution is -1.91. The average Bonchev–Trinajstić information content (AvgIpc) is 2.31. The molecule has 0 aromatic carbocycles. The molecule has 1 aromatic rings. The van der Waals surface area contributed by atoms with E-state index in [-0.39, 0.29) is 10.8 Å². The van der Waals surface area contributed by atoms with Gasteiger partial charge in [0.25, 0.3) is 0 Å². The van der Waals surface area contributed by atoms with Crippen molar-refractivity contribution in [3.63, 3.8) is 0 Å². The molecule has 1 aromatic heterocycles. The Morgan fingerprint density at radius 1 is 1.54 bits per heavy atom. The Kier molecular flexibility index (Phi) is 2.89. The largest absolute Gasteiger partial charge is 0.324 e. The number of rotatable bonds is 3. The quantitative estimate of drug-likeness (QED) is 0.459. The highest BCUT2D eigenvalue weighted by molar-refractivity contribution is 8.13. The van der Waals surface area contributed by atoms with Gasteiger partial charge in [0.05, 0.1) is 10.7 Å². The van der Waals surface area contributed by atoms with Crippen LogP contribution in [0.15, 0.2) is 12.1 Å². The molecule has 0 amide bonds. The molecule has 5 nitrogen and oxygen atoms in total. The third-order valence-electron chi connectivity index (χ3n) is 1.14. The highest BCUT2D eigenvalue weighted by Crippen LogP contribution is 2.26. The number of halogens is 1. The van der Waals surface area contributed by atoms with Crippen molar-refractivity contribution in [2.24, 2.45) is 0 Å². The van der Waals surface area contributed by atoms with Gasteiger partial charge in [-0.05, 0) is 6.07 Å². The molecule has 72 valence electrons. The number of thiophene rings is 1.